The number of rotatable bonds is 2. The Labute approximate surface area is 83.8 Å². The fraction of sp³-hybridized carbons (Fsp3) is 0.455. The first-order valence-corrected chi connectivity index (χ1v) is 5.03. The van der Waals surface area contributed by atoms with E-state index in [1.165, 1.54) is 0 Å². The zero-order chi connectivity index (χ0) is 10.1. The second-order valence-electron chi connectivity index (χ2n) is 3.61. The van der Waals surface area contributed by atoms with Crippen molar-refractivity contribution in [1.82, 2.24) is 14.5 Å². The van der Waals surface area contributed by atoms with Gasteiger partial charge in [0, 0.05) is 12.2 Å². The van der Waals surface area contributed by atoms with E-state index in [1.54, 1.807) is 0 Å². The highest BCUT2D eigenvalue weighted by Gasteiger charge is 2.07. The summed E-state index contributed by atoms with van der Waals surface area (Å²) in [5, 5.41) is 0. The van der Waals surface area contributed by atoms with Crippen LogP contribution in [-0.4, -0.2) is 14.5 Å². The van der Waals surface area contributed by atoms with E-state index in [1.807, 2.05) is 26.0 Å². The second kappa shape index (κ2) is 3.40. The van der Waals surface area contributed by atoms with Crippen LogP contribution in [0.3, 0.4) is 0 Å². The molecule has 2 aromatic heterocycles. The molecular formula is C11H15N3. The van der Waals surface area contributed by atoms with E-state index in [4.69, 9.17) is 0 Å². The van der Waals surface area contributed by atoms with Crippen LogP contribution in [0.5, 0.6) is 0 Å². The highest BCUT2D eigenvalue weighted by molar-refractivity contribution is 5.71. The first-order chi connectivity index (χ1) is 6.72. The van der Waals surface area contributed by atoms with Crippen molar-refractivity contribution in [3.8, 4) is 0 Å². The van der Waals surface area contributed by atoms with Crippen LogP contribution in [0.4, 0.5) is 0 Å². The lowest BCUT2D eigenvalue weighted by Crippen LogP contribution is -2.00. The Hall–Kier alpha value is -1.38. The molecular weight excluding hydrogens is 174 g/mol. The molecule has 0 bridgehead atoms. The van der Waals surface area contributed by atoms with Gasteiger partial charge in [0.1, 0.15) is 11.3 Å². The van der Waals surface area contributed by atoms with Crippen molar-refractivity contribution in [2.24, 2.45) is 0 Å². The van der Waals surface area contributed by atoms with E-state index < -0.39 is 0 Å². The lowest BCUT2D eigenvalue weighted by molar-refractivity contribution is 0.670. The molecule has 2 rings (SSSR count). The van der Waals surface area contributed by atoms with Gasteiger partial charge in [0.05, 0.1) is 0 Å². The second-order valence-corrected chi connectivity index (χ2v) is 3.61. The van der Waals surface area contributed by atoms with Crippen LogP contribution in [0.1, 0.15) is 24.9 Å². The summed E-state index contributed by atoms with van der Waals surface area (Å²) in [7, 11) is 0. The molecule has 0 saturated carbocycles. The maximum atomic E-state index is 4.52. The smallest absolute Gasteiger partial charge is 0.160 e. The average Bonchev–Trinajstić information content (AvgIpc) is 2.45. The molecule has 0 spiro atoms. The Morgan fingerprint density at radius 1 is 1.21 bits per heavy atom. The third kappa shape index (κ3) is 1.39. The molecule has 0 aliphatic heterocycles. The van der Waals surface area contributed by atoms with Crippen molar-refractivity contribution in [2.45, 2.75) is 33.7 Å². The Morgan fingerprint density at radius 3 is 2.71 bits per heavy atom. The number of hydrogen-bond acceptors (Lipinski definition) is 2. The van der Waals surface area contributed by atoms with Gasteiger partial charge in [-0.05, 0) is 32.4 Å². The number of imidazole rings is 1. The first kappa shape index (κ1) is 9.19. The summed E-state index contributed by atoms with van der Waals surface area (Å²) in [6.45, 7) is 7.21. The summed E-state index contributed by atoms with van der Waals surface area (Å²) < 4.78 is 2.18. The van der Waals surface area contributed by atoms with Crippen LogP contribution in [0.2, 0.25) is 0 Å². The van der Waals surface area contributed by atoms with Crippen molar-refractivity contribution in [3.63, 3.8) is 0 Å². The van der Waals surface area contributed by atoms with Crippen LogP contribution in [0.15, 0.2) is 12.1 Å². The van der Waals surface area contributed by atoms with Gasteiger partial charge in [0.15, 0.2) is 5.65 Å². The Morgan fingerprint density at radius 2 is 2.00 bits per heavy atom. The quantitative estimate of drug-likeness (QED) is 0.726. The van der Waals surface area contributed by atoms with Crippen LogP contribution in [0.25, 0.3) is 11.2 Å². The normalized spacial score (nSPS) is 11.1. The van der Waals surface area contributed by atoms with E-state index in [9.17, 15) is 0 Å². The lowest BCUT2D eigenvalue weighted by atomic mass is 10.3. The maximum absolute atomic E-state index is 4.52. The third-order valence-electron chi connectivity index (χ3n) is 2.37. The van der Waals surface area contributed by atoms with Gasteiger partial charge in [-0.25, -0.2) is 9.97 Å². The molecule has 0 unspecified atom stereocenters. The third-order valence-corrected chi connectivity index (χ3v) is 2.37. The highest BCUT2D eigenvalue weighted by atomic mass is 15.1. The van der Waals surface area contributed by atoms with Crippen LogP contribution in [-0.2, 0) is 6.54 Å². The van der Waals surface area contributed by atoms with E-state index in [0.717, 1.165) is 35.6 Å². The van der Waals surface area contributed by atoms with Gasteiger partial charge in [0.2, 0.25) is 0 Å². The van der Waals surface area contributed by atoms with Crippen molar-refractivity contribution >= 4 is 11.2 Å². The predicted octanol–water partition coefficient (Wildman–Crippen LogP) is 2.46. The Bertz CT molecular complexity index is 457. The van der Waals surface area contributed by atoms with Crippen molar-refractivity contribution in [2.75, 3.05) is 0 Å². The predicted molar refractivity (Wildman–Crippen MR) is 57.3 cm³/mol. The van der Waals surface area contributed by atoms with Gasteiger partial charge < -0.3 is 4.57 Å². The minimum Gasteiger partial charge on any atom is -0.313 e. The van der Waals surface area contributed by atoms with Gasteiger partial charge >= 0.3 is 0 Å². The van der Waals surface area contributed by atoms with Crippen LogP contribution in [0, 0.1) is 13.8 Å². The molecule has 3 nitrogen and oxygen atoms in total. The summed E-state index contributed by atoms with van der Waals surface area (Å²) in [6.07, 6.45) is 1.11. The van der Waals surface area contributed by atoms with Gasteiger partial charge in [0.25, 0.3) is 0 Å². The molecule has 74 valence electrons. The summed E-state index contributed by atoms with van der Waals surface area (Å²) in [6, 6.07) is 4.04. The van der Waals surface area contributed by atoms with Crippen LogP contribution < -0.4 is 0 Å². The van der Waals surface area contributed by atoms with Crippen molar-refractivity contribution < 1.29 is 0 Å². The molecule has 0 radical (unpaired) electrons. The standard InChI is InChI=1S/C11H15N3/c1-4-7-14-9(3)13-10-6-5-8(2)12-11(10)14/h5-6H,4,7H2,1-3H3. The summed E-state index contributed by atoms with van der Waals surface area (Å²) >= 11 is 0. The van der Waals surface area contributed by atoms with E-state index >= 15 is 0 Å². The first-order valence-electron chi connectivity index (χ1n) is 5.03. The van der Waals surface area contributed by atoms with Gasteiger partial charge in [-0.15, -0.1) is 0 Å². The molecule has 0 fully saturated rings. The zero-order valence-corrected chi connectivity index (χ0v) is 8.91. The van der Waals surface area contributed by atoms with Gasteiger partial charge in [-0.3, -0.25) is 0 Å². The fourth-order valence-electron chi connectivity index (χ4n) is 1.70. The van der Waals surface area contributed by atoms with E-state index in [0.29, 0.717) is 0 Å². The molecule has 0 atom stereocenters. The number of aryl methyl sites for hydroxylation is 3. The topological polar surface area (TPSA) is 30.7 Å². The van der Waals surface area contributed by atoms with Crippen LogP contribution >= 0.6 is 0 Å². The molecule has 0 aromatic carbocycles. The number of hydrogen-bond donors (Lipinski definition) is 0. The van der Waals surface area contributed by atoms with Crippen molar-refractivity contribution in [3.05, 3.63) is 23.7 Å². The maximum Gasteiger partial charge on any atom is 0.160 e. The molecule has 0 amide bonds. The molecule has 0 aliphatic rings. The monoisotopic (exact) mass is 189 g/mol. The molecule has 14 heavy (non-hydrogen) atoms. The fourth-order valence-corrected chi connectivity index (χ4v) is 1.70. The number of fused-ring (bicyclic) bond motifs is 1. The molecule has 2 heterocycles. The highest BCUT2D eigenvalue weighted by Crippen LogP contribution is 2.14. The molecule has 0 saturated heterocycles. The molecule has 0 N–H and O–H groups in total. The minimum atomic E-state index is 0.999. The van der Waals surface area contributed by atoms with Gasteiger partial charge in [-0.2, -0.15) is 0 Å². The SMILES string of the molecule is CCCn1c(C)nc2ccc(C)nc21. The molecule has 2 aromatic rings. The number of aromatic nitrogens is 3. The van der Waals surface area contributed by atoms with E-state index in [-0.39, 0.29) is 0 Å². The van der Waals surface area contributed by atoms with E-state index in [2.05, 4.69) is 21.5 Å². The van der Waals surface area contributed by atoms with Crippen molar-refractivity contribution in [1.29, 1.82) is 0 Å². The van der Waals surface area contributed by atoms with Gasteiger partial charge in [-0.1, -0.05) is 6.92 Å². The average molecular weight is 189 g/mol. The number of nitrogens with zero attached hydrogens (tertiary/aromatic N) is 3. The molecule has 0 aliphatic carbocycles. The summed E-state index contributed by atoms with van der Waals surface area (Å²) in [5.74, 6) is 1.06. The summed E-state index contributed by atoms with van der Waals surface area (Å²) in [5.41, 5.74) is 3.07. The minimum absolute atomic E-state index is 0.999. The molecule has 3 heteroatoms. The summed E-state index contributed by atoms with van der Waals surface area (Å²) in [4.78, 5) is 8.99. The zero-order valence-electron chi connectivity index (χ0n) is 8.91. The Kier molecular flexibility index (Phi) is 2.23. The lowest BCUT2D eigenvalue weighted by Gasteiger charge is -2.03. The largest absolute Gasteiger partial charge is 0.313 e. The number of pyridine rings is 1. The Balaban J connectivity index is 2.66.